The average molecular weight is 369 g/mol. The van der Waals surface area contributed by atoms with Crippen LogP contribution in [0.2, 0.25) is 0 Å². The predicted molar refractivity (Wildman–Crippen MR) is 93.0 cm³/mol. The largest absolute Gasteiger partial charge is 0.468 e. The number of hydrogen-bond acceptors (Lipinski definition) is 3. The van der Waals surface area contributed by atoms with E-state index in [4.69, 9.17) is 9.47 Å². The molecule has 0 bridgehead atoms. The first-order chi connectivity index (χ1) is 10.2. The fourth-order valence-electron chi connectivity index (χ4n) is 2.24. The van der Waals surface area contributed by atoms with E-state index < -0.39 is 5.41 Å². The number of benzene rings is 1. The summed E-state index contributed by atoms with van der Waals surface area (Å²) in [6.45, 7) is 10.2. The van der Waals surface area contributed by atoms with Crippen molar-refractivity contribution in [2.45, 2.75) is 44.6 Å². The van der Waals surface area contributed by atoms with Crippen LogP contribution in [0.25, 0.3) is 0 Å². The molecule has 0 radical (unpaired) electrons. The lowest BCUT2D eigenvalue weighted by Gasteiger charge is -2.28. The zero-order chi connectivity index (χ0) is 16.8. The number of hydrogen-bond donors (Lipinski definition) is 0. The molecule has 0 fully saturated rings. The summed E-state index contributed by atoms with van der Waals surface area (Å²) in [5.41, 5.74) is -0.0887. The lowest BCUT2D eigenvalue weighted by Crippen LogP contribution is -2.34. The van der Waals surface area contributed by atoms with Crippen molar-refractivity contribution < 1.29 is 14.3 Å². The van der Waals surface area contributed by atoms with Crippen molar-refractivity contribution in [2.75, 3.05) is 13.7 Å². The van der Waals surface area contributed by atoms with Crippen molar-refractivity contribution in [3.8, 4) is 0 Å². The fraction of sp³-hybridized carbons (Fsp3) is 0.500. The van der Waals surface area contributed by atoms with Crippen LogP contribution in [0.3, 0.4) is 0 Å². The van der Waals surface area contributed by atoms with Gasteiger partial charge in [0.15, 0.2) is 0 Å². The second-order valence-corrected chi connectivity index (χ2v) is 7.01. The summed E-state index contributed by atoms with van der Waals surface area (Å²) in [4.78, 5) is 12.3. The molecule has 0 aromatic heterocycles. The quantitative estimate of drug-likeness (QED) is 0.380. The van der Waals surface area contributed by atoms with E-state index in [-0.39, 0.29) is 11.6 Å². The average Bonchev–Trinajstić information content (AvgIpc) is 2.50. The maximum absolute atomic E-state index is 12.3. The third-order valence-electron chi connectivity index (χ3n) is 3.88. The van der Waals surface area contributed by atoms with Crippen molar-refractivity contribution >= 4 is 21.9 Å². The van der Waals surface area contributed by atoms with Gasteiger partial charge in [-0.25, -0.2) is 0 Å². The van der Waals surface area contributed by atoms with Gasteiger partial charge in [-0.2, -0.15) is 0 Å². The summed E-state index contributed by atoms with van der Waals surface area (Å²) in [5, 5.41) is 0. The Balaban J connectivity index is 2.81. The van der Waals surface area contributed by atoms with E-state index in [0.717, 1.165) is 16.5 Å². The summed E-state index contributed by atoms with van der Waals surface area (Å²) < 4.78 is 11.7. The van der Waals surface area contributed by atoms with Gasteiger partial charge in [0.2, 0.25) is 0 Å². The highest BCUT2D eigenvalue weighted by Gasteiger charge is 2.36. The van der Waals surface area contributed by atoms with Gasteiger partial charge >= 0.3 is 5.97 Å². The number of esters is 1. The number of methoxy groups -OCH3 is 1. The van der Waals surface area contributed by atoms with Gasteiger partial charge in [0.25, 0.3) is 0 Å². The second-order valence-electron chi connectivity index (χ2n) is 6.09. The molecule has 4 heteroatoms. The number of carbonyl (C=O) groups excluding carboxylic acids is 1. The number of ether oxygens (including phenoxy) is 2. The lowest BCUT2D eigenvalue weighted by atomic mass is 9.78. The molecule has 0 saturated carbocycles. The zero-order valence-corrected chi connectivity index (χ0v) is 15.4. The van der Waals surface area contributed by atoms with Crippen LogP contribution < -0.4 is 0 Å². The fourth-order valence-corrected chi connectivity index (χ4v) is 2.64. The van der Waals surface area contributed by atoms with Crippen LogP contribution in [0.15, 0.2) is 41.4 Å². The van der Waals surface area contributed by atoms with Gasteiger partial charge in [-0.15, -0.1) is 6.58 Å². The molecular weight excluding hydrogens is 344 g/mol. The molecule has 0 spiro atoms. The van der Waals surface area contributed by atoms with E-state index in [1.807, 2.05) is 45.0 Å². The van der Waals surface area contributed by atoms with Gasteiger partial charge < -0.3 is 9.47 Å². The smallest absolute Gasteiger partial charge is 0.315 e. The van der Waals surface area contributed by atoms with Gasteiger partial charge in [-0.1, -0.05) is 34.1 Å². The Bertz CT molecular complexity index is 525. The third kappa shape index (κ3) is 4.96. The zero-order valence-electron chi connectivity index (χ0n) is 13.8. The summed E-state index contributed by atoms with van der Waals surface area (Å²) in [7, 11) is 1.43. The number of carbonyl (C=O) groups is 1. The molecule has 0 amide bonds. The first-order valence-corrected chi connectivity index (χ1v) is 8.16. The van der Waals surface area contributed by atoms with E-state index in [0.29, 0.717) is 13.0 Å². The second kappa shape index (κ2) is 7.93. The molecule has 1 unspecified atom stereocenters. The van der Waals surface area contributed by atoms with Crippen molar-refractivity contribution in [1.29, 1.82) is 0 Å². The monoisotopic (exact) mass is 368 g/mol. The standard InChI is InChI=1S/C18H25BrO3/c1-6-17(2,3)22-12-8-11-18(4,16(20)21-5)14-9-7-10-15(19)13-14/h6-7,9-10,13H,1,8,11-12H2,2-5H3. The van der Waals surface area contributed by atoms with Crippen LogP contribution in [-0.2, 0) is 19.7 Å². The van der Waals surface area contributed by atoms with Crippen molar-refractivity contribution in [3.63, 3.8) is 0 Å². The summed E-state index contributed by atoms with van der Waals surface area (Å²) in [5.74, 6) is -0.228. The Hall–Kier alpha value is -1.13. The molecule has 0 aliphatic carbocycles. The first kappa shape index (κ1) is 18.9. The Kier molecular flexibility index (Phi) is 6.82. The van der Waals surface area contributed by atoms with Crippen LogP contribution in [0.1, 0.15) is 39.2 Å². The number of halogens is 1. The summed E-state index contributed by atoms with van der Waals surface area (Å²) >= 11 is 3.46. The van der Waals surface area contributed by atoms with Gasteiger partial charge in [0.1, 0.15) is 0 Å². The molecule has 0 heterocycles. The van der Waals surface area contributed by atoms with Crippen LogP contribution in [0.5, 0.6) is 0 Å². The molecule has 0 saturated heterocycles. The first-order valence-electron chi connectivity index (χ1n) is 7.37. The Morgan fingerprint density at radius 3 is 2.59 bits per heavy atom. The van der Waals surface area contributed by atoms with Crippen LogP contribution >= 0.6 is 15.9 Å². The summed E-state index contributed by atoms with van der Waals surface area (Å²) in [6, 6.07) is 7.79. The minimum absolute atomic E-state index is 0.228. The van der Waals surface area contributed by atoms with Gasteiger partial charge in [-0.05, 0) is 51.3 Å². The van der Waals surface area contributed by atoms with Crippen molar-refractivity contribution in [2.24, 2.45) is 0 Å². The Morgan fingerprint density at radius 1 is 1.36 bits per heavy atom. The third-order valence-corrected chi connectivity index (χ3v) is 4.38. The van der Waals surface area contributed by atoms with Gasteiger partial charge in [0.05, 0.1) is 18.1 Å². The maximum atomic E-state index is 12.3. The lowest BCUT2D eigenvalue weighted by molar-refractivity contribution is -0.147. The van der Waals surface area contributed by atoms with Gasteiger partial charge in [0, 0.05) is 11.1 Å². The Labute approximate surface area is 141 Å². The minimum atomic E-state index is -0.680. The van der Waals surface area contributed by atoms with Crippen LogP contribution in [0, 0.1) is 0 Å². The SMILES string of the molecule is C=CC(C)(C)OCCCC(C)(C(=O)OC)c1cccc(Br)c1. The normalized spacial score (nSPS) is 14.2. The molecule has 0 aliphatic heterocycles. The van der Waals surface area contributed by atoms with Gasteiger partial charge in [-0.3, -0.25) is 4.79 Å². The van der Waals surface area contributed by atoms with E-state index in [1.54, 1.807) is 6.08 Å². The molecule has 1 aromatic carbocycles. The highest BCUT2D eigenvalue weighted by molar-refractivity contribution is 9.10. The molecule has 1 atom stereocenters. The van der Waals surface area contributed by atoms with E-state index in [2.05, 4.69) is 22.5 Å². The maximum Gasteiger partial charge on any atom is 0.315 e. The molecule has 3 nitrogen and oxygen atoms in total. The molecule has 0 aliphatic rings. The van der Waals surface area contributed by atoms with Crippen LogP contribution in [-0.4, -0.2) is 25.3 Å². The molecule has 1 rings (SSSR count). The highest BCUT2D eigenvalue weighted by Crippen LogP contribution is 2.32. The van der Waals surface area contributed by atoms with Crippen LogP contribution in [0.4, 0.5) is 0 Å². The molecule has 22 heavy (non-hydrogen) atoms. The van der Waals surface area contributed by atoms with E-state index in [9.17, 15) is 4.79 Å². The Morgan fingerprint density at radius 2 is 2.05 bits per heavy atom. The minimum Gasteiger partial charge on any atom is -0.468 e. The molecular formula is C18H25BrO3. The highest BCUT2D eigenvalue weighted by atomic mass is 79.9. The topological polar surface area (TPSA) is 35.5 Å². The van der Waals surface area contributed by atoms with E-state index in [1.165, 1.54) is 7.11 Å². The summed E-state index contributed by atoms with van der Waals surface area (Å²) in [6.07, 6.45) is 3.19. The predicted octanol–water partition coefficient (Wildman–Crippen LogP) is 4.64. The molecule has 0 N–H and O–H groups in total. The van der Waals surface area contributed by atoms with E-state index >= 15 is 0 Å². The van der Waals surface area contributed by atoms with Crippen molar-refractivity contribution in [1.82, 2.24) is 0 Å². The molecule has 122 valence electrons. The van der Waals surface area contributed by atoms with Crippen molar-refractivity contribution in [3.05, 3.63) is 47.0 Å². The molecule has 1 aromatic rings. The number of rotatable bonds is 8.